The number of amides is 1. The van der Waals surface area contributed by atoms with Gasteiger partial charge in [0.05, 0.1) is 11.4 Å². The third kappa shape index (κ3) is 4.29. The molecule has 0 fully saturated rings. The number of imidazole rings is 1. The molecular weight excluding hydrogens is 395 g/mol. The molecule has 0 aliphatic heterocycles. The zero-order valence-electron chi connectivity index (χ0n) is 14.6. The van der Waals surface area contributed by atoms with Gasteiger partial charge in [0, 0.05) is 22.7 Å². The Morgan fingerprint density at radius 3 is 2.61 bits per heavy atom. The maximum Gasteiger partial charge on any atom is 0.236 e. The smallest absolute Gasteiger partial charge is 0.236 e. The van der Waals surface area contributed by atoms with E-state index in [0.717, 1.165) is 16.8 Å². The minimum Gasteiger partial charge on any atom is -0.337 e. The summed E-state index contributed by atoms with van der Waals surface area (Å²) in [6.45, 7) is 0. The van der Waals surface area contributed by atoms with Crippen LogP contribution in [-0.2, 0) is 4.79 Å². The van der Waals surface area contributed by atoms with Crippen LogP contribution >= 0.6 is 23.1 Å². The molecule has 1 amide bonds. The van der Waals surface area contributed by atoms with Crippen molar-refractivity contribution in [2.45, 2.75) is 5.03 Å². The van der Waals surface area contributed by atoms with Gasteiger partial charge in [-0.05, 0) is 24.3 Å². The minimum atomic E-state index is -0.299. The molecule has 2 heterocycles. The molecule has 4 aromatic rings. The summed E-state index contributed by atoms with van der Waals surface area (Å²) in [6.07, 6.45) is 1.64. The number of hydrogen-bond donors (Lipinski definition) is 2. The molecular formula is C20H15FN4OS2. The molecule has 0 radical (unpaired) electrons. The molecule has 28 heavy (non-hydrogen) atoms. The van der Waals surface area contributed by atoms with Gasteiger partial charge in [-0.3, -0.25) is 4.79 Å². The van der Waals surface area contributed by atoms with Crippen molar-refractivity contribution >= 4 is 34.1 Å². The largest absolute Gasteiger partial charge is 0.337 e. The first kappa shape index (κ1) is 18.4. The van der Waals surface area contributed by atoms with Gasteiger partial charge in [0.15, 0.2) is 5.13 Å². The zero-order chi connectivity index (χ0) is 19.3. The number of carbonyl (C=O) groups excluding carboxylic acids is 1. The monoisotopic (exact) mass is 410 g/mol. The highest BCUT2D eigenvalue weighted by Crippen LogP contribution is 2.32. The van der Waals surface area contributed by atoms with Crippen molar-refractivity contribution < 1.29 is 9.18 Å². The quantitative estimate of drug-likeness (QED) is 0.436. The molecule has 0 unspecified atom stereocenters. The normalized spacial score (nSPS) is 10.8. The first-order chi connectivity index (χ1) is 13.7. The van der Waals surface area contributed by atoms with Crippen LogP contribution in [-0.4, -0.2) is 26.6 Å². The lowest BCUT2D eigenvalue weighted by Crippen LogP contribution is -2.13. The summed E-state index contributed by atoms with van der Waals surface area (Å²) in [5, 5.41) is 5.85. The second-order valence-electron chi connectivity index (χ2n) is 5.81. The second-order valence-corrected chi connectivity index (χ2v) is 7.67. The number of aromatic amines is 1. The molecule has 2 N–H and O–H groups in total. The van der Waals surface area contributed by atoms with Gasteiger partial charge < -0.3 is 10.3 Å². The molecule has 140 valence electrons. The van der Waals surface area contributed by atoms with Crippen molar-refractivity contribution in [2.24, 2.45) is 0 Å². The highest BCUT2D eigenvalue weighted by atomic mass is 32.2. The first-order valence-electron chi connectivity index (χ1n) is 8.42. The van der Waals surface area contributed by atoms with Crippen molar-refractivity contribution in [1.29, 1.82) is 0 Å². The fraction of sp³-hybridized carbons (Fsp3) is 0.0500. The number of aromatic nitrogens is 3. The van der Waals surface area contributed by atoms with E-state index in [1.165, 1.54) is 35.2 Å². The van der Waals surface area contributed by atoms with E-state index in [1.807, 2.05) is 30.3 Å². The number of benzene rings is 2. The van der Waals surface area contributed by atoms with E-state index in [-0.39, 0.29) is 17.5 Å². The number of carbonyl (C=O) groups is 1. The van der Waals surface area contributed by atoms with Crippen molar-refractivity contribution in [3.05, 3.63) is 72.0 Å². The standard InChI is InChI=1S/C20H15FN4OS2/c21-15-8-6-14(7-9-15)18-24-17(13-4-2-1-3-5-13)19(25-18)28-12-16(26)23-20-22-10-11-27-20/h1-11H,12H2,(H,24,25)(H,22,23,26). The maximum atomic E-state index is 13.2. The summed E-state index contributed by atoms with van der Waals surface area (Å²) in [7, 11) is 0. The van der Waals surface area contributed by atoms with Crippen LogP contribution in [0.5, 0.6) is 0 Å². The van der Waals surface area contributed by atoms with Crippen LogP contribution in [0.25, 0.3) is 22.6 Å². The number of anilines is 1. The molecule has 0 aliphatic rings. The van der Waals surface area contributed by atoms with E-state index >= 15 is 0 Å². The Labute approximate surface area is 169 Å². The molecule has 0 bridgehead atoms. The minimum absolute atomic E-state index is 0.148. The number of halogens is 1. The number of thiazole rings is 1. The third-order valence-electron chi connectivity index (χ3n) is 3.87. The van der Waals surface area contributed by atoms with Crippen molar-refractivity contribution in [1.82, 2.24) is 15.0 Å². The van der Waals surface area contributed by atoms with E-state index in [0.29, 0.717) is 16.0 Å². The first-order valence-corrected chi connectivity index (χ1v) is 10.3. The zero-order valence-corrected chi connectivity index (χ0v) is 16.2. The van der Waals surface area contributed by atoms with Gasteiger partial charge in [0.1, 0.15) is 16.7 Å². The number of rotatable bonds is 6. The molecule has 0 atom stereocenters. The molecule has 5 nitrogen and oxygen atoms in total. The summed E-state index contributed by atoms with van der Waals surface area (Å²) in [5.41, 5.74) is 2.57. The Kier molecular flexibility index (Phi) is 5.50. The van der Waals surface area contributed by atoms with Crippen LogP contribution in [0.1, 0.15) is 0 Å². The van der Waals surface area contributed by atoms with Crippen LogP contribution in [0.2, 0.25) is 0 Å². The summed E-state index contributed by atoms with van der Waals surface area (Å²) in [5.74, 6) is 0.381. The number of thioether (sulfide) groups is 1. The lowest BCUT2D eigenvalue weighted by Gasteiger charge is -2.03. The van der Waals surface area contributed by atoms with E-state index in [2.05, 4.69) is 20.3 Å². The van der Waals surface area contributed by atoms with Gasteiger partial charge in [-0.15, -0.1) is 11.3 Å². The van der Waals surface area contributed by atoms with Crippen molar-refractivity contribution in [2.75, 3.05) is 11.1 Å². The Balaban J connectivity index is 1.59. The second kappa shape index (κ2) is 8.37. The van der Waals surface area contributed by atoms with Crippen LogP contribution in [0, 0.1) is 5.82 Å². The number of nitrogens with zero attached hydrogens (tertiary/aromatic N) is 2. The lowest BCUT2D eigenvalue weighted by molar-refractivity contribution is -0.113. The summed E-state index contributed by atoms with van der Waals surface area (Å²) in [6, 6.07) is 15.9. The van der Waals surface area contributed by atoms with Gasteiger partial charge >= 0.3 is 0 Å². The molecule has 2 aromatic carbocycles. The van der Waals surface area contributed by atoms with Crippen molar-refractivity contribution in [3.63, 3.8) is 0 Å². The average molecular weight is 410 g/mol. The Morgan fingerprint density at radius 1 is 1.11 bits per heavy atom. The van der Waals surface area contributed by atoms with Crippen LogP contribution < -0.4 is 5.32 Å². The highest BCUT2D eigenvalue weighted by Gasteiger charge is 2.16. The molecule has 0 saturated heterocycles. The van der Waals surface area contributed by atoms with Crippen LogP contribution in [0.4, 0.5) is 9.52 Å². The van der Waals surface area contributed by atoms with Gasteiger partial charge in [0.25, 0.3) is 0 Å². The van der Waals surface area contributed by atoms with Crippen LogP contribution in [0.3, 0.4) is 0 Å². The predicted molar refractivity (Wildman–Crippen MR) is 111 cm³/mol. The van der Waals surface area contributed by atoms with Gasteiger partial charge in [-0.1, -0.05) is 42.1 Å². The van der Waals surface area contributed by atoms with Gasteiger partial charge in [-0.25, -0.2) is 14.4 Å². The maximum absolute atomic E-state index is 13.2. The molecule has 0 spiro atoms. The Hall–Kier alpha value is -2.97. The average Bonchev–Trinajstić information content (AvgIpc) is 3.37. The number of H-pyrrole nitrogens is 1. The van der Waals surface area contributed by atoms with E-state index in [4.69, 9.17) is 0 Å². The van der Waals surface area contributed by atoms with E-state index < -0.39 is 0 Å². The predicted octanol–water partition coefficient (Wildman–Crippen LogP) is 5.07. The molecule has 0 saturated carbocycles. The molecule has 4 rings (SSSR count). The fourth-order valence-corrected chi connectivity index (χ4v) is 3.94. The highest BCUT2D eigenvalue weighted by molar-refractivity contribution is 8.00. The number of nitrogens with one attached hydrogen (secondary N) is 2. The molecule has 8 heteroatoms. The van der Waals surface area contributed by atoms with Gasteiger partial charge in [0.2, 0.25) is 5.91 Å². The molecule has 0 aliphatic carbocycles. The molecule has 2 aromatic heterocycles. The van der Waals surface area contributed by atoms with E-state index in [9.17, 15) is 9.18 Å². The summed E-state index contributed by atoms with van der Waals surface area (Å²) < 4.78 is 13.2. The lowest BCUT2D eigenvalue weighted by atomic mass is 10.2. The topological polar surface area (TPSA) is 70.7 Å². The SMILES string of the molecule is O=C(CSc1nc(-c2ccc(F)cc2)[nH]c1-c1ccccc1)Nc1nccs1. The number of hydrogen-bond acceptors (Lipinski definition) is 5. The third-order valence-corrected chi connectivity index (χ3v) is 5.53. The Bertz CT molecular complexity index is 1060. The van der Waals surface area contributed by atoms with E-state index in [1.54, 1.807) is 23.7 Å². The summed E-state index contributed by atoms with van der Waals surface area (Å²) >= 11 is 2.71. The fourth-order valence-electron chi connectivity index (χ4n) is 2.58. The van der Waals surface area contributed by atoms with Gasteiger partial charge in [-0.2, -0.15) is 0 Å². The van der Waals surface area contributed by atoms with Crippen molar-refractivity contribution in [3.8, 4) is 22.6 Å². The summed E-state index contributed by atoms with van der Waals surface area (Å²) in [4.78, 5) is 24.2. The van der Waals surface area contributed by atoms with Crippen LogP contribution in [0.15, 0.2) is 71.2 Å². The Morgan fingerprint density at radius 2 is 1.89 bits per heavy atom.